The lowest BCUT2D eigenvalue weighted by atomic mass is 9.71. The zero-order valence-corrected chi connectivity index (χ0v) is 15.1. The van der Waals surface area contributed by atoms with Crippen LogP contribution >= 0.6 is 0 Å². The third kappa shape index (κ3) is 3.22. The molecule has 0 aromatic carbocycles. The molecular formula is C20H27N3O3. The summed E-state index contributed by atoms with van der Waals surface area (Å²) in [5, 5.41) is 9.42. The molecule has 0 atom stereocenters. The van der Waals surface area contributed by atoms with E-state index < -0.39 is 0 Å². The van der Waals surface area contributed by atoms with Gasteiger partial charge in [-0.25, -0.2) is 0 Å². The van der Waals surface area contributed by atoms with Crippen molar-refractivity contribution in [1.82, 2.24) is 14.8 Å². The fraction of sp³-hybridized carbons (Fsp3) is 0.650. The van der Waals surface area contributed by atoms with Gasteiger partial charge >= 0.3 is 0 Å². The minimum absolute atomic E-state index is 0.00991. The van der Waals surface area contributed by atoms with Crippen LogP contribution in [0.2, 0.25) is 0 Å². The molecule has 6 nitrogen and oxygen atoms in total. The maximum absolute atomic E-state index is 13.2. The second kappa shape index (κ2) is 6.99. The summed E-state index contributed by atoms with van der Waals surface area (Å²) in [5.74, 6) is 0.415. The van der Waals surface area contributed by atoms with Crippen LogP contribution in [-0.2, 0) is 16.1 Å². The smallest absolute Gasteiger partial charge is 0.229 e. The highest BCUT2D eigenvalue weighted by molar-refractivity contribution is 5.84. The minimum Gasteiger partial charge on any atom is -0.393 e. The van der Waals surface area contributed by atoms with Gasteiger partial charge in [-0.05, 0) is 56.2 Å². The van der Waals surface area contributed by atoms with Gasteiger partial charge in [-0.3, -0.25) is 14.6 Å². The molecule has 1 N–H and O–H groups in total. The van der Waals surface area contributed by atoms with Crippen LogP contribution < -0.4 is 0 Å². The lowest BCUT2D eigenvalue weighted by Gasteiger charge is -2.47. The number of hydrogen-bond donors (Lipinski definition) is 1. The fourth-order valence-corrected chi connectivity index (χ4v) is 4.68. The first-order valence-electron chi connectivity index (χ1n) is 9.72. The van der Waals surface area contributed by atoms with Crippen LogP contribution in [0.15, 0.2) is 24.5 Å². The number of amides is 2. The van der Waals surface area contributed by atoms with Crippen molar-refractivity contribution in [3.05, 3.63) is 30.1 Å². The van der Waals surface area contributed by atoms with E-state index in [0.29, 0.717) is 32.5 Å². The minimum atomic E-state index is -0.304. The second-order valence-electron chi connectivity index (χ2n) is 8.11. The molecule has 1 aromatic heterocycles. The number of aromatic nitrogens is 1. The number of nitrogens with zero attached hydrogens (tertiary/aromatic N) is 3. The van der Waals surface area contributed by atoms with E-state index in [-0.39, 0.29) is 29.3 Å². The van der Waals surface area contributed by atoms with E-state index in [1.165, 1.54) is 0 Å². The normalized spacial score (nSPS) is 28.1. The van der Waals surface area contributed by atoms with Gasteiger partial charge < -0.3 is 14.9 Å². The molecule has 6 heteroatoms. The van der Waals surface area contributed by atoms with E-state index in [1.54, 1.807) is 12.4 Å². The Balaban J connectivity index is 1.38. The van der Waals surface area contributed by atoms with Crippen molar-refractivity contribution in [1.29, 1.82) is 0 Å². The highest BCUT2D eigenvalue weighted by Gasteiger charge is 2.47. The summed E-state index contributed by atoms with van der Waals surface area (Å²) >= 11 is 0. The number of likely N-dealkylation sites (tertiary alicyclic amines) is 2. The molecule has 26 heavy (non-hydrogen) atoms. The van der Waals surface area contributed by atoms with Gasteiger partial charge in [0.15, 0.2) is 0 Å². The fourth-order valence-electron chi connectivity index (χ4n) is 4.68. The molecule has 1 aliphatic carbocycles. The zero-order chi connectivity index (χ0) is 18.1. The Labute approximate surface area is 154 Å². The summed E-state index contributed by atoms with van der Waals surface area (Å²) in [6, 6.07) is 3.92. The largest absolute Gasteiger partial charge is 0.393 e. The molecule has 2 amide bonds. The summed E-state index contributed by atoms with van der Waals surface area (Å²) in [5.41, 5.74) is 0.822. The Morgan fingerprint density at radius 2 is 1.85 bits per heavy atom. The van der Waals surface area contributed by atoms with Gasteiger partial charge in [0, 0.05) is 44.5 Å². The average molecular weight is 357 g/mol. The van der Waals surface area contributed by atoms with Crippen LogP contribution in [0, 0.1) is 11.3 Å². The van der Waals surface area contributed by atoms with E-state index in [9.17, 15) is 14.7 Å². The second-order valence-corrected chi connectivity index (χ2v) is 8.11. The maximum atomic E-state index is 13.2. The average Bonchev–Trinajstić information content (AvgIpc) is 2.64. The molecule has 1 saturated carbocycles. The third-order valence-electron chi connectivity index (χ3n) is 6.44. The van der Waals surface area contributed by atoms with Crippen molar-refractivity contribution in [2.45, 2.75) is 51.2 Å². The van der Waals surface area contributed by atoms with Crippen molar-refractivity contribution in [2.75, 3.05) is 19.6 Å². The predicted octanol–water partition coefficient (Wildman–Crippen LogP) is 1.58. The van der Waals surface area contributed by atoms with E-state index in [1.807, 2.05) is 21.9 Å². The van der Waals surface area contributed by atoms with Crippen molar-refractivity contribution >= 4 is 11.8 Å². The molecule has 1 aromatic rings. The first-order chi connectivity index (χ1) is 12.6. The lowest BCUT2D eigenvalue weighted by molar-refractivity contribution is -0.156. The summed E-state index contributed by atoms with van der Waals surface area (Å²) < 4.78 is 0. The standard InChI is InChI=1S/C20H27N3O3/c24-17-12-16(13-17)18(25)22-10-5-20(6-11-22)4-1-9-23(19(20)26)14-15-2-7-21-8-3-15/h2-3,7-8,16-17,24H,1,4-6,9-14H2. The van der Waals surface area contributed by atoms with Gasteiger partial charge in [0.05, 0.1) is 11.5 Å². The van der Waals surface area contributed by atoms with Gasteiger partial charge in [0.2, 0.25) is 11.8 Å². The van der Waals surface area contributed by atoms with Gasteiger partial charge in [-0.1, -0.05) is 0 Å². The predicted molar refractivity (Wildman–Crippen MR) is 95.9 cm³/mol. The summed E-state index contributed by atoms with van der Waals surface area (Å²) in [6.07, 6.45) is 7.91. The Kier molecular flexibility index (Phi) is 4.69. The van der Waals surface area contributed by atoms with Crippen LogP contribution in [0.4, 0.5) is 0 Å². The van der Waals surface area contributed by atoms with Crippen molar-refractivity contribution < 1.29 is 14.7 Å². The summed E-state index contributed by atoms with van der Waals surface area (Å²) in [6.45, 7) is 2.79. The van der Waals surface area contributed by atoms with E-state index >= 15 is 0 Å². The molecule has 1 spiro atoms. The first-order valence-corrected chi connectivity index (χ1v) is 9.72. The molecular weight excluding hydrogens is 330 g/mol. The van der Waals surface area contributed by atoms with Crippen LogP contribution in [0.3, 0.4) is 0 Å². The Morgan fingerprint density at radius 3 is 2.50 bits per heavy atom. The Morgan fingerprint density at radius 1 is 1.15 bits per heavy atom. The monoisotopic (exact) mass is 357 g/mol. The number of hydrogen-bond acceptors (Lipinski definition) is 4. The number of rotatable bonds is 3. The molecule has 140 valence electrons. The SMILES string of the molecule is O=C(C1CC(O)C1)N1CCC2(CCCN(Cc3ccncc3)C2=O)CC1. The Bertz CT molecular complexity index is 664. The van der Waals surface area contributed by atoms with Gasteiger partial charge in [-0.15, -0.1) is 0 Å². The zero-order valence-electron chi connectivity index (χ0n) is 15.1. The van der Waals surface area contributed by atoms with Gasteiger partial charge in [0.25, 0.3) is 0 Å². The molecule has 3 heterocycles. The van der Waals surface area contributed by atoms with Crippen LogP contribution in [0.5, 0.6) is 0 Å². The number of carbonyl (C=O) groups is 2. The maximum Gasteiger partial charge on any atom is 0.229 e. The van der Waals surface area contributed by atoms with Crippen LogP contribution in [0.25, 0.3) is 0 Å². The number of aliphatic hydroxyl groups is 1. The van der Waals surface area contributed by atoms with Crippen molar-refractivity contribution in [3.8, 4) is 0 Å². The third-order valence-corrected chi connectivity index (χ3v) is 6.44. The molecule has 3 aliphatic rings. The first kappa shape index (κ1) is 17.5. The van der Waals surface area contributed by atoms with Crippen molar-refractivity contribution in [2.24, 2.45) is 11.3 Å². The highest BCUT2D eigenvalue weighted by atomic mass is 16.3. The molecule has 0 bridgehead atoms. The quantitative estimate of drug-likeness (QED) is 0.891. The van der Waals surface area contributed by atoms with E-state index in [4.69, 9.17) is 0 Å². The highest BCUT2D eigenvalue weighted by Crippen LogP contribution is 2.42. The number of pyridine rings is 1. The van der Waals surface area contributed by atoms with Crippen molar-refractivity contribution in [3.63, 3.8) is 0 Å². The van der Waals surface area contributed by atoms with E-state index in [2.05, 4.69) is 4.98 Å². The molecule has 0 radical (unpaired) electrons. The Hall–Kier alpha value is -1.95. The molecule has 0 unspecified atom stereocenters. The van der Waals surface area contributed by atoms with Gasteiger partial charge in [0.1, 0.15) is 0 Å². The molecule has 4 rings (SSSR count). The topological polar surface area (TPSA) is 73.7 Å². The molecule has 2 saturated heterocycles. The number of piperidine rings is 2. The number of aliphatic hydroxyl groups excluding tert-OH is 1. The van der Waals surface area contributed by atoms with Gasteiger partial charge in [-0.2, -0.15) is 0 Å². The number of carbonyl (C=O) groups excluding carboxylic acids is 2. The molecule has 2 aliphatic heterocycles. The molecule has 3 fully saturated rings. The lowest BCUT2D eigenvalue weighted by Crippen LogP contribution is -2.55. The van der Waals surface area contributed by atoms with E-state index in [0.717, 1.165) is 37.8 Å². The summed E-state index contributed by atoms with van der Waals surface area (Å²) in [4.78, 5) is 33.6. The summed E-state index contributed by atoms with van der Waals surface area (Å²) in [7, 11) is 0. The van der Waals surface area contributed by atoms with Crippen LogP contribution in [-0.4, -0.2) is 57.4 Å². The van der Waals surface area contributed by atoms with Crippen LogP contribution in [0.1, 0.15) is 44.1 Å².